The standard InChI is InChI=1S/C13H9ClN2O/c14-13-11(4-2-6-16-13)9-17-12-5-1-3-10(7-12)8-15/h1-7H,9H2. The van der Waals surface area contributed by atoms with Crippen molar-refractivity contribution in [2.45, 2.75) is 6.61 Å². The van der Waals surface area contributed by atoms with Gasteiger partial charge >= 0.3 is 0 Å². The third-order valence-corrected chi connectivity index (χ3v) is 2.53. The van der Waals surface area contributed by atoms with E-state index in [-0.39, 0.29) is 0 Å². The van der Waals surface area contributed by atoms with E-state index in [4.69, 9.17) is 21.6 Å². The van der Waals surface area contributed by atoms with Crippen LogP contribution >= 0.6 is 11.6 Å². The summed E-state index contributed by atoms with van der Waals surface area (Å²) in [5.41, 5.74) is 1.39. The second kappa shape index (κ2) is 5.33. The van der Waals surface area contributed by atoms with E-state index in [1.165, 1.54) is 0 Å². The number of benzene rings is 1. The molecule has 0 saturated heterocycles. The molecular weight excluding hydrogens is 236 g/mol. The lowest BCUT2D eigenvalue weighted by Crippen LogP contribution is -1.97. The van der Waals surface area contributed by atoms with E-state index in [0.29, 0.717) is 23.1 Å². The van der Waals surface area contributed by atoms with Gasteiger partial charge in [0.25, 0.3) is 0 Å². The first kappa shape index (κ1) is 11.4. The van der Waals surface area contributed by atoms with Gasteiger partial charge in [-0.2, -0.15) is 5.26 Å². The predicted octanol–water partition coefficient (Wildman–Crippen LogP) is 3.19. The minimum absolute atomic E-state index is 0.335. The van der Waals surface area contributed by atoms with Gasteiger partial charge in [-0.1, -0.05) is 23.7 Å². The summed E-state index contributed by atoms with van der Waals surface area (Å²) in [5, 5.41) is 9.19. The summed E-state index contributed by atoms with van der Waals surface area (Å²) in [6, 6.07) is 12.7. The zero-order chi connectivity index (χ0) is 12.1. The molecule has 0 unspecified atom stereocenters. The van der Waals surface area contributed by atoms with Crippen molar-refractivity contribution in [2.75, 3.05) is 0 Å². The second-order valence-electron chi connectivity index (χ2n) is 3.38. The highest BCUT2D eigenvalue weighted by Crippen LogP contribution is 2.17. The maximum absolute atomic E-state index is 8.75. The first-order valence-electron chi connectivity index (χ1n) is 5.02. The van der Waals surface area contributed by atoms with Gasteiger partial charge in [0.05, 0.1) is 11.6 Å². The lowest BCUT2D eigenvalue weighted by molar-refractivity contribution is 0.306. The van der Waals surface area contributed by atoms with E-state index in [9.17, 15) is 0 Å². The van der Waals surface area contributed by atoms with Gasteiger partial charge in [0.2, 0.25) is 0 Å². The Kier molecular flexibility index (Phi) is 3.59. The van der Waals surface area contributed by atoms with Crippen molar-refractivity contribution < 1.29 is 4.74 Å². The van der Waals surface area contributed by atoms with Gasteiger partial charge in [-0.3, -0.25) is 0 Å². The highest BCUT2D eigenvalue weighted by Gasteiger charge is 2.02. The number of aromatic nitrogens is 1. The van der Waals surface area contributed by atoms with Gasteiger partial charge in [-0.05, 0) is 24.3 Å². The zero-order valence-corrected chi connectivity index (χ0v) is 9.69. The molecule has 0 aliphatic rings. The first-order valence-corrected chi connectivity index (χ1v) is 5.40. The van der Waals surface area contributed by atoms with E-state index >= 15 is 0 Å². The van der Waals surface area contributed by atoms with Gasteiger partial charge in [0, 0.05) is 11.8 Å². The number of hydrogen-bond donors (Lipinski definition) is 0. The number of hydrogen-bond acceptors (Lipinski definition) is 3. The average molecular weight is 245 g/mol. The maximum Gasteiger partial charge on any atom is 0.135 e. The van der Waals surface area contributed by atoms with Crippen molar-refractivity contribution >= 4 is 11.6 Å². The van der Waals surface area contributed by atoms with Crippen LogP contribution in [-0.2, 0) is 6.61 Å². The van der Waals surface area contributed by atoms with E-state index in [0.717, 1.165) is 5.56 Å². The largest absolute Gasteiger partial charge is 0.489 e. The molecule has 1 aromatic carbocycles. The Morgan fingerprint density at radius 3 is 2.94 bits per heavy atom. The van der Waals surface area contributed by atoms with E-state index in [1.807, 2.05) is 6.07 Å². The molecule has 2 aromatic rings. The van der Waals surface area contributed by atoms with Crippen molar-refractivity contribution in [3.63, 3.8) is 0 Å². The van der Waals surface area contributed by atoms with Gasteiger partial charge in [-0.15, -0.1) is 0 Å². The number of pyridine rings is 1. The number of nitriles is 1. The van der Waals surface area contributed by atoms with Gasteiger partial charge < -0.3 is 4.74 Å². The zero-order valence-electron chi connectivity index (χ0n) is 8.93. The van der Waals surface area contributed by atoms with Gasteiger partial charge in [-0.25, -0.2) is 4.98 Å². The Balaban J connectivity index is 2.08. The summed E-state index contributed by atoms with van der Waals surface area (Å²) in [7, 11) is 0. The smallest absolute Gasteiger partial charge is 0.135 e. The average Bonchev–Trinajstić information content (AvgIpc) is 2.38. The fourth-order valence-electron chi connectivity index (χ4n) is 1.34. The normalized spacial score (nSPS) is 9.65. The third-order valence-electron chi connectivity index (χ3n) is 2.19. The minimum Gasteiger partial charge on any atom is -0.489 e. The molecule has 4 heteroatoms. The molecule has 0 radical (unpaired) electrons. The minimum atomic E-state index is 0.335. The molecule has 2 rings (SSSR count). The van der Waals surface area contributed by atoms with Crippen LogP contribution in [0.3, 0.4) is 0 Å². The summed E-state index contributed by atoms with van der Waals surface area (Å²) >= 11 is 5.91. The predicted molar refractivity (Wildman–Crippen MR) is 64.7 cm³/mol. The van der Waals surface area contributed by atoms with Crippen LogP contribution in [0, 0.1) is 11.3 Å². The van der Waals surface area contributed by atoms with E-state index in [2.05, 4.69) is 11.1 Å². The fraction of sp³-hybridized carbons (Fsp3) is 0.0769. The molecule has 84 valence electrons. The molecule has 17 heavy (non-hydrogen) atoms. The van der Waals surface area contributed by atoms with Crippen molar-refractivity contribution in [3.8, 4) is 11.8 Å². The highest BCUT2D eigenvalue weighted by atomic mass is 35.5. The Morgan fingerprint density at radius 1 is 1.29 bits per heavy atom. The Labute approximate surface area is 104 Å². The van der Waals surface area contributed by atoms with Crippen molar-refractivity contribution in [1.82, 2.24) is 4.98 Å². The second-order valence-corrected chi connectivity index (χ2v) is 3.74. The molecule has 0 aliphatic carbocycles. The Hall–Kier alpha value is -2.05. The topological polar surface area (TPSA) is 45.9 Å². The highest BCUT2D eigenvalue weighted by molar-refractivity contribution is 6.30. The van der Waals surface area contributed by atoms with Gasteiger partial charge in [0.1, 0.15) is 17.5 Å². The number of halogens is 1. The quantitative estimate of drug-likeness (QED) is 0.779. The summed E-state index contributed by atoms with van der Waals surface area (Å²) < 4.78 is 5.54. The van der Waals surface area contributed by atoms with Crippen LogP contribution in [0.5, 0.6) is 5.75 Å². The van der Waals surface area contributed by atoms with Crippen molar-refractivity contribution in [1.29, 1.82) is 5.26 Å². The lowest BCUT2D eigenvalue weighted by Gasteiger charge is -2.07. The lowest BCUT2D eigenvalue weighted by atomic mass is 10.2. The SMILES string of the molecule is N#Cc1cccc(OCc2cccnc2Cl)c1. The summed E-state index contributed by atoms with van der Waals surface area (Å²) in [6.45, 7) is 0.335. The van der Waals surface area contributed by atoms with Crippen LogP contribution in [0.1, 0.15) is 11.1 Å². The van der Waals surface area contributed by atoms with Crippen molar-refractivity contribution in [2.24, 2.45) is 0 Å². The first-order chi connectivity index (χ1) is 8.29. The van der Waals surface area contributed by atoms with Crippen LogP contribution in [0.4, 0.5) is 0 Å². The molecule has 0 aliphatic heterocycles. The molecular formula is C13H9ClN2O. The van der Waals surface area contributed by atoms with Gasteiger partial charge in [0.15, 0.2) is 0 Å². The number of ether oxygens (including phenoxy) is 1. The Bertz CT molecular complexity index is 563. The molecule has 1 heterocycles. The molecule has 0 fully saturated rings. The Morgan fingerprint density at radius 2 is 2.18 bits per heavy atom. The molecule has 0 saturated carbocycles. The summed E-state index contributed by atoms with van der Waals surface area (Å²) in [5.74, 6) is 0.643. The monoisotopic (exact) mass is 244 g/mol. The number of rotatable bonds is 3. The fourth-order valence-corrected chi connectivity index (χ4v) is 1.52. The van der Waals surface area contributed by atoms with Crippen LogP contribution < -0.4 is 4.74 Å². The number of nitrogens with zero attached hydrogens (tertiary/aromatic N) is 2. The molecule has 3 nitrogen and oxygen atoms in total. The molecule has 1 aromatic heterocycles. The third kappa shape index (κ3) is 2.96. The summed E-state index contributed by atoms with van der Waals surface area (Å²) in [4.78, 5) is 3.96. The van der Waals surface area contributed by atoms with Crippen molar-refractivity contribution in [3.05, 3.63) is 58.9 Å². The molecule has 0 bridgehead atoms. The summed E-state index contributed by atoms with van der Waals surface area (Å²) in [6.07, 6.45) is 1.63. The van der Waals surface area contributed by atoms with E-state index < -0.39 is 0 Å². The van der Waals surface area contributed by atoms with Crippen LogP contribution in [0.25, 0.3) is 0 Å². The van der Waals surface area contributed by atoms with Crippen LogP contribution in [0.2, 0.25) is 5.15 Å². The van der Waals surface area contributed by atoms with Crippen LogP contribution in [0.15, 0.2) is 42.6 Å². The van der Waals surface area contributed by atoms with Crippen LogP contribution in [-0.4, -0.2) is 4.98 Å². The molecule has 0 atom stereocenters. The maximum atomic E-state index is 8.75. The molecule has 0 N–H and O–H groups in total. The van der Waals surface area contributed by atoms with E-state index in [1.54, 1.807) is 36.5 Å². The molecule has 0 spiro atoms. The molecule has 0 amide bonds.